The normalized spacial score (nSPS) is 15.5. The zero-order valence-electron chi connectivity index (χ0n) is 18.9. The summed E-state index contributed by atoms with van der Waals surface area (Å²) < 4.78 is 21.9. The smallest absolute Gasteiger partial charge is 0.233 e. The summed E-state index contributed by atoms with van der Waals surface area (Å²) in [6.45, 7) is 2.32. The van der Waals surface area contributed by atoms with Gasteiger partial charge in [0, 0.05) is 44.7 Å². The Hall–Kier alpha value is -4.50. The van der Waals surface area contributed by atoms with Crippen LogP contribution in [0.3, 0.4) is 0 Å². The number of anilines is 2. The summed E-state index contributed by atoms with van der Waals surface area (Å²) in [6, 6.07) is 5.43. The molecule has 12 heteroatoms. The minimum Gasteiger partial charge on any atom is -0.382 e. The van der Waals surface area contributed by atoms with Gasteiger partial charge in [0.1, 0.15) is 30.6 Å². The summed E-state index contributed by atoms with van der Waals surface area (Å²) in [7, 11) is 1.65. The molecule has 5 rings (SSSR count). The Morgan fingerprint density at radius 1 is 1.03 bits per heavy atom. The molecule has 4 aromatic heterocycles. The first-order valence-corrected chi connectivity index (χ1v) is 10.8. The lowest BCUT2D eigenvalue weighted by Crippen LogP contribution is -2.56. The van der Waals surface area contributed by atoms with E-state index in [0.717, 1.165) is 5.82 Å². The average molecular weight is 472 g/mol. The summed E-state index contributed by atoms with van der Waals surface area (Å²) in [6.07, 6.45) is 9.34. The van der Waals surface area contributed by atoms with Crippen molar-refractivity contribution in [3.8, 4) is 17.7 Å². The molecule has 0 unspecified atom stereocenters. The first-order valence-electron chi connectivity index (χ1n) is 10.8. The third kappa shape index (κ3) is 5.04. The Balaban J connectivity index is 1.29. The number of hydrogen-bond donors (Lipinski definition) is 0. The van der Waals surface area contributed by atoms with Crippen LogP contribution in [0.25, 0.3) is 5.82 Å². The molecule has 0 aliphatic carbocycles. The van der Waals surface area contributed by atoms with Crippen LogP contribution >= 0.6 is 0 Å². The quantitative estimate of drug-likeness (QED) is 0.309. The molecule has 1 saturated heterocycles. The van der Waals surface area contributed by atoms with E-state index in [1.54, 1.807) is 48.9 Å². The number of ether oxygens (including phenoxy) is 1. The van der Waals surface area contributed by atoms with Crippen molar-refractivity contribution in [1.29, 1.82) is 0 Å². The number of rotatable bonds is 5. The minimum absolute atomic E-state index is 0.00311. The van der Waals surface area contributed by atoms with Crippen LogP contribution in [0.2, 0.25) is 0 Å². The predicted octanol–water partition coefficient (Wildman–Crippen LogP) is 1.12. The topological polar surface area (TPSA) is 111 Å². The first-order chi connectivity index (χ1) is 17.2. The van der Waals surface area contributed by atoms with Crippen molar-refractivity contribution in [3.63, 3.8) is 0 Å². The summed E-state index contributed by atoms with van der Waals surface area (Å²) in [5.41, 5.74) is 0.748. The lowest BCUT2D eigenvalue weighted by Gasteiger charge is -2.41. The molecule has 35 heavy (non-hydrogen) atoms. The molecule has 0 bridgehead atoms. The number of hydrogen-bond acceptors (Lipinski definition) is 10. The molecule has 4 aromatic rings. The van der Waals surface area contributed by atoms with E-state index >= 15 is 0 Å². The van der Waals surface area contributed by atoms with Crippen LogP contribution in [0.15, 0.2) is 55.8 Å². The number of aromatic nitrogens is 8. The summed E-state index contributed by atoms with van der Waals surface area (Å²) in [4.78, 5) is 25.2. The van der Waals surface area contributed by atoms with Gasteiger partial charge >= 0.3 is 0 Å². The van der Waals surface area contributed by atoms with Crippen molar-refractivity contribution in [2.75, 3.05) is 43.2 Å². The highest BCUT2D eigenvalue weighted by atomic mass is 19.1. The van der Waals surface area contributed by atoms with Gasteiger partial charge in [0.05, 0.1) is 24.4 Å². The molecule has 5 heterocycles. The third-order valence-electron chi connectivity index (χ3n) is 5.49. The minimum atomic E-state index is -0.668. The van der Waals surface area contributed by atoms with E-state index < -0.39 is 5.95 Å². The fourth-order valence-electron chi connectivity index (χ4n) is 3.79. The molecular formula is C23H21FN10O. The summed E-state index contributed by atoms with van der Waals surface area (Å²) >= 11 is 0. The SMILES string of the molecule is COC[C@H]1CN(c2ncc(C#Cc3ccc(-n4cnnc4)nc3)c(F)n2)CCN1c1ccncn1. The van der Waals surface area contributed by atoms with E-state index in [-0.39, 0.29) is 11.6 Å². The van der Waals surface area contributed by atoms with Crippen molar-refractivity contribution in [2.24, 2.45) is 0 Å². The summed E-state index contributed by atoms with van der Waals surface area (Å²) in [5.74, 6) is 6.82. The van der Waals surface area contributed by atoms with Gasteiger partial charge in [-0.1, -0.05) is 11.8 Å². The highest BCUT2D eigenvalue weighted by Crippen LogP contribution is 2.21. The van der Waals surface area contributed by atoms with Crippen LogP contribution in [0.1, 0.15) is 11.1 Å². The third-order valence-corrected chi connectivity index (χ3v) is 5.49. The van der Waals surface area contributed by atoms with E-state index in [2.05, 4.69) is 51.9 Å². The molecule has 0 spiro atoms. The van der Waals surface area contributed by atoms with Gasteiger partial charge < -0.3 is 14.5 Å². The van der Waals surface area contributed by atoms with Crippen LogP contribution < -0.4 is 9.80 Å². The highest BCUT2D eigenvalue weighted by Gasteiger charge is 2.29. The zero-order chi connectivity index (χ0) is 24.0. The highest BCUT2D eigenvalue weighted by molar-refractivity contribution is 5.46. The lowest BCUT2D eigenvalue weighted by molar-refractivity contribution is 0.173. The van der Waals surface area contributed by atoms with Gasteiger partial charge in [-0.25, -0.2) is 19.9 Å². The van der Waals surface area contributed by atoms with Crippen LogP contribution in [-0.4, -0.2) is 79.1 Å². The Kier molecular flexibility index (Phi) is 6.49. The van der Waals surface area contributed by atoms with Crippen molar-refractivity contribution in [3.05, 3.63) is 72.8 Å². The fourth-order valence-corrected chi connectivity index (χ4v) is 3.79. The maximum atomic E-state index is 14.8. The van der Waals surface area contributed by atoms with E-state index in [1.807, 2.05) is 11.0 Å². The van der Waals surface area contributed by atoms with Gasteiger partial charge in [-0.3, -0.25) is 4.57 Å². The van der Waals surface area contributed by atoms with E-state index in [9.17, 15) is 4.39 Å². The lowest BCUT2D eigenvalue weighted by atomic mass is 10.1. The maximum Gasteiger partial charge on any atom is 0.233 e. The van der Waals surface area contributed by atoms with Gasteiger partial charge in [-0.05, 0) is 18.2 Å². The molecule has 1 atom stereocenters. The van der Waals surface area contributed by atoms with Crippen molar-refractivity contribution < 1.29 is 9.13 Å². The predicted molar refractivity (Wildman–Crippen MR) is 124 cm³/mol. The summed E-state index contributed by atoms with van der Waals surface area (Å²) in [5, 5.41) is 7.50. The van der Waals surface area contributed by atoms with Crippen LogP contribution in [0.4, 0.5) is 16.2 Å². The van der Waals surface area contributed by atoms with Gasteiger partial charge in [0.15, 0.2) is 0 Å². The van der Waals surface area contributed by atoms with Gasteiger partial charge in [-0.15, -0.1) is 10.2 Å². The molecule has 0 saturated carbocycles. The zero-order valence-corrected chi connectivity index (χ0v) is 18.9. The molecule has 0 amide bonds. The largest absolute Gasteiger partial charge is 0.382 e. The van der Waals surface area contributed by atoms with Gasteiger partial charge in [-0.2, -0.15) is 9.37 Å². The fraction of sp³-hybridized carbons (Fsp3) is 0.261. The average Bonchev–Trinajstić information content (AvgIpc) is 3.44. The molecule has 1 fully saturated rings. The van der Waals surface area contributed by atoms with Crippen molar-refractivity contribution in [1.82, 2.24) is 39.7 Å². The Morgan fingerprint density at radius 2 is 1.91 bits per heavy atom. The second kappa shape index (κ2) is 10.2. The number of pyridine rings is 1. The Morgan fingerprint density at radius 3 is 2.63 bits per heavy atom. The van der Waals surface area contributed by atoms with E-state index in [1.165, 1.54) is 12.5 Å². The first kappa shape index (κ1) is 22.3. The van der Waals surface area contributed by atoms with Crippen LogP contribution in [0.5, 0.6) is 0 Å². The maximum absolute atomic E-state index is 14.8. The number of methoxy groups -OCH3 is 1. The van der Waals surface area contributed by atoms with Gasteiger partial charge in [0.25, 0.3) is 0 Å². The standard InChI is InChI=1S/C23H21FN10O/c1-35-13-19-12-32(8-9-34(19)21-6-7-25-14-28-21)23-27-11-18(22(24)31-23)4-2-17-3-5-20(26-10-17)33-15-29-30-16-33/h3,5-7,10-11,14-16,19H,8-9,12-13H2,1H3/t19-/m1/s1. The van der Waals surface area contributed by atoms with Crippen molar-refractivity contribution in [2.45, 2.75) is 6.04 Å². The monoisotopic (exact) mass is 472 g/mol. The van der Waals surface area contributed by atoms with E-state index in [4.69, 9.17) is 4.74 Å². The molecule has 1 aliphatic rings. The second-order valence-electron chi connectivity index (χ2n) is 7.71. The van der Waals surface area contributed by atoms with Gasteiger partial charge in [0.2, 0.25) is 11.9 Å². The second-order valence-corrected chi connectivity index (χ2v) is 7.71. The van der Waals surface area contributed by atoms with Crippen LogP contribution in [0, 0.1) is 17.8 Å². The number of piperazine rings is 1. The van der Waals surface area contributed by atoms with Crippen LogP contribution in [-0.2, 0) is 4.74 Å². The molecule has 176 valence electrons. The molecule has 1 aliphatic heterocycles. The molecule has 0 N–H and O–H groups in total. The number of nitrogens with zero attached hydrogens (tertiary/aromatic N) is 10. The van der Waals surface area contributed by atoms with Crippen molar-refractivity contribution >= 4 is 11.8 Å². The molecule has 11 nitrogen and oxygen atoms in total. The molecule has 0 aromatic carbocycles. The molecule has 0 radical (unpaired) electrons. The number of halogens is 1. The Bertz CT molecular complexity index is 1320. The molecular weight excluding hydrogens is 451 g/mol. The van der Waals surface area contributed by atoms with E-state index in [0.29, 0.717) is 43.6 Å². The Labute approximate surface area is 200 Å².